The molecule has 7 nitrogen and oxygen atoms in total. The average molecular weight is 291 g/mol. The molecule has 21 heavy (non-hydrogen) atoms. The van der Waals surface area contributed by atoms with Crippen LogP contribution in [0.15, 0.2) is 18.2 Å². The number of aromatic carboxylic acids is 1. The first-order valence-electron chi connectivity index (χ1n) is 6.69. The molecule has 0 atom stereocenters. The molecule has 1 heterocycles. The van der Waals surface area contributed by atoms with E-state index in [0.717, 1.165) is 18.4 Å². The number of anilines is 1. The van der Waals surface area contributed by atoms with Crippen LogP contribution in [0.3, 0.4) is 0 Å². The number of aryl methyl sites for hydroxylation is 1. The number of carboxylic acid groups (broad SMARTS) is 1. The van der Waals surface area contributed by atoms with Gasteiger partial charge in [-0.1, -0.05) is 0 Å². The van der Waals surface area contributed by atoms with Gasteiger partial charge in [0.15, 0.2) is 0 Å². The highest BCUT2D eigenvalue weighted by atomic mass is 16.4. The van der Waals surface area contributed by atoms with Gasteiger partial charge >= 0.3 is 12.0 Å². The van der Waals surface area contributed by atoms with Gasteiger partial charge in [0.05, 0.1) is 5.56 Å². The standard InChI is InChI=1S/C14H17N3O4/c15-12(18)5-6-16-14(21)17-7-1-2-9-8-10(13(19)20)3-4-11(9)17/h3-4,8H,1-2,5-7H2,(H2,15,18)(H,16,21)(H,19,20). The van der Waals surface area contributed by atoms with Gasteiger partial charge in [-0.2, -0.15) is 0 Å². The lowest BCUT2D eigenvalue weighted by Crippen LogP contribution is -2.43. The molecule has 0 bridgehead atoms. The molecule has 1 aromatic rings. The van der Waals surface area contributed by atoms with E-state index in [1.54, 1.807) is 17.0 Å². The lowest BCUT2D eigenvalue weighted by atomic mass is 9.99. The smallest absolute Gasteiger partial charge is 0.335 e. The molecule has 1 aliphatic rings. The van der Waals surface area contributed by atoms with Crippen LogP contribution in [0, 0.1) is 0 Å². The van der Waals surface area contributed by atoms with E-state index in [2.05, 4.69) is 5.32 Å². The zero-order valence-electron chi connectivity index (χ0n) is 11.5. The first-order chi connectivity index (χ1) is 9.99. The summed E-state index contributed by atoms with van der Waals surface area (Å²) in [4.78, 5) is 35.3. The van der Waals surface area contributed by atoms with Crippen molar-refractivity contribution in [3.63, 3.8) is 0 Å². The maximum Gasteiger partial charge on any atom is 0.335 e. The Bertz CT molecular complexity index is 586. The topological polar surface area (TPSA) is 113 Å². The summed E-state index contributed by atoms with van der Waals surface area (Å²) in [6, 6.07) is 4.42. The predicted octanol–water partition coefficient (Wildman–Crippen LogP) is 0.722. The van der Waals surface area contributed by atoms with Crippen LogP contribution in [0.1, 0.15) is 28.8 Å². The number of hydrogen-bond acceptors (Lipinski definition) is 3. The normalized spacial score (nSPS) is 13.4. The Balaban J connectivity index is 2.12. The number of hydrogen-bond donors (Lipinski definition) is 3. The predicted molar refractivity (Wildman–Crippen MR) is 76.3 cm³/mol. The molecule has 0 saturated carbocycles. The summed E-state index contributed by atoms with van der Waals surface area (Å²) in [7, 11) is 0. The molecule has 0 spiro atoms. The Morgan fingerprint density at radius 3 is 2.76 bits per heavy atom. The van der Waals surface area contributed by atoms with Crippen molar-refractivity contribution in [3.05, 3.63) is 29.3 Å². The molecule has 2 rings (SSSR count). The average Bonchev–Trinajstić information content (AvgIpc) is 2.45. The third kappa shape index (κ3) is 3.50. The van der Waals surface area contributed by atoms with Crippen molar-refractivity contribution in [2.45, 2.75) is 19.3 Å². The van der Waals surface area contributed by atoms with Crippen molar-refractivity contribution >= 4 is 23.6 Å². The van der Waals surface area contributed by atoms with Gasteiger partial charge in [0.2, 0.25) is 5.91 Å². The Labute approximate surface area is 121 Å². The summed E-state index contributed by atoms with van der Waals surface area (Å²) >= 11 is 0. The third-order valence-corrected chi connectivity index (χ3v) is 3.34. The summed E-state index contributed by atoms with van der Waals surface area (Å²) in [5.74, 6) is -1.46. The lowest BCUT2D eigenvalue weighted by molar-refractivity contribution is -0.117. The molecule has 4 N–H and O–H groups in total. The van der Waals surface area contributed by atoms with Crippen LogP contribution in [0.25, 0.3) is 0 Å². The fraction of sp³-hybridized carbons (Fsp3) is 0.357. The molecule has 112 valence electrons. The summed E-state index contributed by atoms with van der Waals surface area (Å²) < 4.78 is 0. The van der Waals surface area contributed by atoms with Crippen LogP contribution >= 0.6 is 0 Å². The Hall–Kier alpha value is -2.57. The van der Waals surface area contributed by atoms with Gasteiger partial charge in [-0.25, -0.2) is 9.59 Å². The number of urea groups is 1. The second-order valence-corrected chi connectivity index (χ2v) is 4.85. The van der Waals surface area contributed by atoms with Crippen LogP contribution in [0.5, 0.6) is 0 Å². The highest BCUT2D eigenvalue weighted by Crippen LogP contribution is 2.28. The van der Waals surface area contributed by atoms with E-state index in [9.17, 15) is 14.4 Å². The fourth-order valence-electron chi connectivity index (χ4n) is 2.33. The summed E-state index contributed by atoms with van der Waals surface area (Å²) in [5.41, 5.74) is 6.78. The van der Waals surface area contributed by atoms with E-state index in [1.807, 2.05) is 0 Å². The van der Waals surface area contributed by atoms with E-state index < -0.39 is 11.9 Å². The number of benzene rings is 1. The highest BCUT2D eigenvalue weighted by Gasteiger charge is 2.23. The van der Waals surface area contributed by atoms with Gasteiger partial charge in [-0.05, 0) is 36.6 Å². The van der Waals surface area contributed by atoms with Gasteiger partial charge in [0, 0.05) is 25.2 Å². The molecule has 7 heteroatoms. The fourth-order valence-corrected chi connectivity index (χ4v) is 2.33. The number of primary amides is 1. The van der Waals surface area contributed by atoms with Crippen molar-refractivity contribution in [2.24, 2.45) is 5.73 Å². The largest absolute Gasteiger partial charge is 0.478 e. The molecular weight excluding hydrogens is 274 g/mol. The summed E-state index contributed by atoms with van der Waals surface area (Å²) in [5, 5.41) is 11.6. The maximum absolute atomic E-state index is 12.1. The second-order valence-electron chi connectivity index (χ2n) is 4.85. The molecular formula is C14H17N3O4. The van der Waals surface area contributed by atoms with Crippen LogP contribution in [0.4, 0.5) is 10.5 Å². The quantitative estimate of drug-likeness (QED) is 0.758. The van der Waals surface area contributed by atoms with Gasteiger partial charge < -0.3 is 16.2 Å². The second kappa shape index (κ2) is 6.25. The van der Waals surface area contributed by atoms with E-state index in [1.165, 1.54) is 6.07 Å². The van der Waals surface area contributed by atoms with Crippen molar-refractivity contribution in [1.82, 2.24) is 5.32 Å². The number of carboxylic acids is 1. The number of carbonyl (C=O) groups is 3. The molecule has 0 fully saturated rings. The van der Waals surface area contributed by atoms with Crippen molar-refractivity contribution < 1.29 is 19.5 Å². The van der Waals surface area contributed by atoms with Crippen LogP contribution in [-0.2, 0) is 11.2 Å². The van der Waals surface area contributed by atoms with Gasteiger partial charge in [0.25, 0.3) is 0 Å². The van der Waals surface area contributed by atoms with Gasteiger partial charge in [-0.15, -0.1) is 0 Å². The minimum absolute atomic E-state index is 0.0877. The zero-order valence-corrected chi connectivity index (χ0v) is 11.5. The number of carbonyl (C=O) groups excluding carboxylic acids is 2. The molecule has 0 aromatic heterocycles. The first-order valence-corrected chi connectivity index (χ1v) is 6.69. The van der Waals surface area contributed by atoms with Crippen LogP contribution in [0.2, 0.25) is 0 Å². The van der Waals surface area contributed by atoms with Crippen molar-refractivity contribution in [1.29, 1.82) is 0 Å². The minimum Gasteiger partial charge on any atom is -0.478 e. The minimum atomic E-state index is -0.985. The Morgan fingerprint density at radius 1 is 1.33 bits per heavy atom. The Kier molecular flexibility index (Phi) is 4.42. The molecule has 1 aliphatic heterocycles. The van der Waals surface area contributed by atoms with E-state index in [-0.39, 0.29) is 24.6 Å². The molecule has 3 amide bonds. The Morgan fingerprint density at radius 2 is 2.10 bits per heavy atom. The number of nitrogens with one attached hydrogen (secondary N) is 1. The number of amides is 3. The number of rotatable bonds is 4. The highest BCUT2D eigenvalue weighted by molar-refractivity contribution is 5.95. The van der Waals surface area contributed by atoms with E-state index in [4.69, 9.17) is 10.8 Å². The monoisotopic (exact) mass is 291 g/mol. The molecule has 0 unspecified atom stereocenters. The number of nitrogens with two attached hydrogens (primary N) is 1. The summed E-state index contributed by atoms with van der Waals surface area (Å²) in [6.07, 6.45) is 1.59. The van der Waals surface area contributed by atoms with E-state index in [0.29, 0.717) is 12.2 Å². The molecule has 0 aliphatic carbocycles. The first kappa shape index (κ1) is 14.8. The maximum atomic E-state index is 12.1. The lowest BCUT2D eigenvalue weighted by Gasteiger charge is -2.29. The van der Waals surface area contributed by atoms with Crippen LogP contribution < -0.4 is 16.0 Å². The number of nitrogens with zero attached hydrogens (tertiary/aromatic N) is 1. The molecule has 0 radical (unpaired) electrons. The van der Waals surface area contributed by atoms with E-state index >= 15 is 0 Å². The summed E-state index contributed by atoms with van der Waals surface area (Å²) in [6.45, 7) is 0.745. The third-order valence-electron chi connectivity index (χ3n) is 3.34. The van der Waals surface area contributed by atoms with Gasteiger partial charge in [0.1, 0.15) is 0 Å². The molecule has 1 aromatic carbocycles. The molecule has 0 saturated heterocycles. The van der Waals surface area contributed by atoms with Crippen molar-refractivity contribution in [2.75, 3.05) is 18.0 Å². The van der Waals surface area contributed by atoms with Crippen molar-refractivity contribution in [3.8, 4) is 0 Å². The van der Waals surface area contributed by atoms with Gasteiger partial charge in [-0.3, -0.25) is 9.69 Å². The zero-order chi connectivity index (χ0) is 15.4. The SMILES string of the molecule is NC(=O)CCNC(=O)N1CCCc2cc(C(=O)O)ccc21. The number of fused-ring (bicyclic) bond motifs is 1. The van der Waals surface area contributed by atoms with Crippen LogP contribution in [-0.4, -0.2) is 36.1 Å².